The van der Waals surface area contributed by atoms with Gasteiger partial charge in [0.05, 0.1) is 5.41 Å². The third-order valence-corrected chi connectivity index (χ3v) is 6.98. The smallest absolute Gasteiger partial charge is 0.251 e. The van der Waals surface area contributed by atoms with Crippen LogP contribution in [0.3, 0.4) is 0 Å². The Bertz CT molecular complexity index is 1300. The second-order valence-electron chi connectivity index (χ2n) is 9.46. The summed E-state index contributed by atoms with van der Waals surface area (Å²) in [5.41, 5.74) is 4.99. The van der Waals surface area contributed by atoms with Crippen LogP contribution in [0.25, 0.3) is 11.1 Å². The highest BCUT2D eigenvalue weighted by molar-refractivity contribution is 6.02. The highest BCUT2D eigenvalue weighted by Gasteiger charge is 2.51. The summed E-state index contributed by atoms with van der Waals surface area (Å²) in [5.74, 6) is 1.39. The zero-order chi connectivity index (χ0) is 23.3. The van der Waals surface area contributed by atoms with Crippen LogP contribution in [0, 0.1) is 6.92 Å². The van der Waals surface area contributed by atoms with Gasteiger partial charge in [0.25, 0.3) is 5.91 Å². The second-order valence-corrected chi connectivity index (χ2v) is 9.46. The number of hydrogen-bond donors (Lipinski definition) is 2. The first kappa shape index (κ1) is 20.8. The van der Waals surface area contributed by atoms with E-state index in [1.165, 1.54) is 0 Å². The number of carbonyl (C=O) groups is 2. The van der Waals surface area contributed by atoms with Crippen LogP contribution in [0.5, 0.6) is 11.5 Å². The molecular weight excluding hydrogens is 428 g/mol. The molecule has 174 valence electrons. The van der Waals surface area contributed by atoms with Crippen molar-refractivity contribution in [3.8, 4) is 22.6 Å². The van der Waals surface area contributed by atoms with E-state index in [2.05, 4.69) is 10.6 Å². The third kappa shape index (κ3) is 3.79. The predicted octanol–water partition coefficient (Wildman–Crippen LogP) is 5.20. The van der Waals surface area contributed by atoms with E-state index < -0.39 is 5.41 Å². The molecule has 2 fully saturated rings. The van der Waals surface area contributed by atoms with E-state index in [1.807, 2.05) is 67.6 Å². The largest absolute Gasteiger partial charge is 0.454 e. The van der Waals surface area contributed by atoms with Crippen LogP contribution in [0.4, 0.5) is 5.69 Å². The lowest BCUT2D eigenvalue weighted by Gasteiger charge is -2.17. The Labute approximate surface area is 199 Å². The summed E-state index contributed by atoms with van der Waals surface area (Å²) in [7, 11) is 0. The minimum Gasteiger partial charge on any atom is -0.454 e. The Hall–Kier alpha value is -3.80. The monoisotopic (exact) mass is 456 g/mol. The lowest BCUT2D eigenvalue weighted by molar-refractivity contribution is -0.118. The van der Waals surface area contributed by atoms with Crippen molar-refractivity contribution < 1.29 is 20.5 Å². The Morgan fingerprint density at radius 1 is 0.941 bits per heavy atom. The van der Waals surface area contributed by atoms with Crippen molar-refractivity contribution in [2.24, 2.45) is 0 Å². The van der Waals surface area contributed by atoms with Crippen molar-refractivity contribution in [1.29, 1.82) is 0 Å². The summed E-state index contributed by atoms with van der Waals surface area (Å²) in [6.45, 7) is 2.26. The number of aryl methyl sites for hydroxylation is 1. The average molecular weight is 457 g/mol. The first-order chi connectivity index (χ1) is 16.5. The summed E-state index contributed by atoms with van der Waals surface area (Å²) in [6, 6.07) is 19.7. The van der Waals surface area contributed by atoms with E-state index in [1.54, 1.807) is 0 Å². The molecule has 0 saturated heterocycles. The number of ether oxygens (including phenoxy) is 2. The Morgan fingerprint density at radius 2 is 1.71 bits per heavy atom. The SMILES string of the molecule is Cc1ccc(NC(=O)C2(c3ccc4c(c3)OCO4)CC2)cc1-c1ccc(C(=O)NC2CC2)cc1.[HH]. The molecule has 2 saturated carbocycles. The fourth-order valence-electron chi connectivity index (χ4n) is 4.53. The van der Waals surface area contributed by atoms with Crippen molar-refractivity contribution >= 4 is 17.5 Å². The fraction of sp³-hybridized carbons (Fsp3) is 0.286. The van der Waals surface area contributed by atoms with Crippen molar-refractivity contribution in [2.75, 3.05) is 12.1 Å². The maximum absolute atomic E-state index is 13.3. The van der Waals surface area contributed by atoms with Gasteiger partial charge in [0.15, 0.2) is 11.5 Å². The van der Waals surface area contributed by atoms with Gasteiger partial charge in [-0.15, -0.1) is 0 Å². The molecule has 3 aromatic carbocycles. The Balaban J connectivity index is 0.00000253. The van der Waals surface area contributed by atoms with Crippen LogP contribution in [-0.4, -0.2) is 24.6 Å². The Morgan fingerprint density at radius 3 is 2.44 bits per heavy atom. The minimum atomic E-state index is -0.525. The molecule has 6 nitrogen and oxygen atoms in total. The van der Waals surface area contributed by atoms with Crippen LogP contribution in [0.1, 0.15) is 48.6 Å². The maximum Gasteiger partial charge on any atom is 0.251 e. The van der Waals surface area contributed by atoms with E-state index in [9.17, 15) is 9.59 Å². The van der Waals surface area contributed by atoms with Crippen LogP contribution < -0.4 is 20.1 Å². The van der Waals surface area contributed by atoms with E-state index in [0.717, 1.165) is 59.4 Å². The van der Waals surface area contributed by atoms with Gasteiger partial charge in [-0.2, -0.15) is 0 Å². The van der Waals surface area contributed by atoms with Crippen molar-refractivity contribution in [3.05, 3.63) is 77.4 Å². The molecule has 0 radical (unpaired) electrons. The van der Waals surface area contributed by atoms with E-state index >= 15 is 0 Å². The molecule has 1 heterocycles. The molecule has 0 aromatic heterocycles. The summed E-state index contributed by atoms with van der Waals surface area (Å²) in [5, 5.41) is 6.15. The van der Waals surface area contributed by atoms with Gasteiger partial charge in [0.2, 0.25) is 12.7 Å². The first-order valence-electron chi connectivity index (χ1n) is 11.8. The zero-order valence-corrected chi connectivity index (χ0v) is 19.0. The van der Waals surface area contributed by atoms with E-state index in [-0.39, 0.29) is 20.0 Å². The van der Waals surface area contributed by atoms with Gasteiger partial charge < -0.3 is 20.1 Å². The second kappa shape index (κ2) is 7.90. The average Bonchev–Trinajstić information content (AvgIpc) is 3.78. The molecule has 3 aromatic rings. The fourth-order valence-corrected chi connectivity index (χ4v) is 4.53. The van der Waals surface area contributed by atoms with Gasteiger partial charge in [-0.25, -0.2) is 0 Å². The molecule has 0 bridgehead atoms. The van der Waals surface area contributed by atoms with Crippen molar-refractivity contribution in [2.45, 2.75) is 44.1 Å². The highest BCUT2D eigenvalue weighted by atomic mass is 16.7. The lowest BCUT2D eigenvalue weighted by Crippen LogP contribution is -2.27. The molecule has 2 amide bonds. The molecule has 3 aliphatic rings. The first-order valence-corrected chi connectivity index (χ1v) is 11.8. The summed E-state index contributed by atoms with van der Waals surface area (Å²) in [4.78, 5) is 25.6. The third-order valence-electron chi connectivity index (χ3n) is 6.98. The molecule has 2 aliphatic carbocycles. The quantitative estimate of drug-likeness (QED) is 0.535. The number of amides is 2. The van der Waals surface area contributed by atoms with E-state index in [4.69, 9.17) is 9.47 Å². The number of fused-ring (bicyclic) bond motifs is 1. The van der Waals surface area contributed by atoms with Gasteiger partial charge in [0, 0.05) is 18.7 Å². The van der Waals surface area contributed by atoms with Gasteiger partial charge in [-0.3, -0.25) is 9.59 Å². The van der Waals surface area contributed by atoms with Gasteiger partial charge in [-0.1, -0.05) is 24.3 Å². The molecule has 6 heteroatoms. The van der Waals surface area contributed by atoms with E-state index in [0.29, 0.717) is 17.4 Å². The van der Waals surface area contributed by atoms with Crippen molar-refractivity contribution in [3.63, 3.8) is 0 Å². The molecule has 0 unspecified atom stereocenters. The number of rotatable bonds is 6. The van der Waals surface area contributed by atoms with Gasteiger partial charge in [0.1, 0.15) is 0 Å². The highest BCUT2D eigenvalue weighted by Crippen LogP contribution is 2.51. The number of hydrogen-bond acceptors (Lipinski definition) is 4. The van der Waals surface area contributed by atoms with Crippen LogP contribution in [0.15, 0.2) is 60.7 Å². The normalized spacial score (nSPS) is 17.2. The Kier molecular flexibility index (Phi) is 4.83. The summed E-state index contributed by atoms with van der Waals surface area (Å²) >= 11 is 0. The standard InChI is InChI=1S/C28H26N2O4.H2/c1-17-2-8-22(15-23(17)18-3-5-19(6-4-18)26(31)29-21-9-10-21)30-27(32)28(12-13-28)20-7-11-24-25(14-20)34-16-33-24;/h2-8,11,14-15,21H,9-10,12-13,16H2,1H3,(H,29,31)(H,30,32);1H. The zero-order valence-electron chi connectivity index (χ0n) is 19.0. The number of benzene rings is 3. The molecule has 1 aliphatic heterocycles. The molecular formula is C28H28N2O4. The minimum absolute atomic E-state index is 0. The van der Waals surface area contributed by atoms with Crippen LogP contribution in [0.2, 0.25) is 0 Å². The van der Waals surface area contributed by atoms with Crippen molar-refractivity contribution in [1.82, 2.24) is 5.32 Å². The topological polar surface area (TPSA) is 76.7 Å². The lowest BCUT2D eigenvalue weighted by atomic mass is 9.94. The molecule has 0 spiro atoms. The maximum atomic E-state index is 13.3. The van der Waals surface area contributed by atoms with Gasteiger partial charge in [-0.05, 0) is 91.3 Å². The number of anilines is 1. The summed E-state index contributed by atoms with van der Waals surface area (Å²) in [6.07, 6.45) is 3.75. The molecule has 34 heavy (non-hydrogen) atoms. The number of nitrogens with one attached hydrogen (secondary N) is 2. The molecule has 2 N–H and O–H groups in total. The van der Waals surface area contributed by atoms with Crippen LogP contribution in [-0.2, 0) is 10.2 Å². The van der Waals surface area contributed by atoms with Crippen LogP contribution >= 0.6 is 0 Å². The summed E-state index contributed by atoms with van der Waals surface area (Å²) < 4.78 is 10.9. The van der Waals surface area contributed by atoms with Gasteiger partial charge >= 0.3 is 0 Å². The predicted molar refractivity (Wildman–Crippen MR) is 131 cm³/mol. The number of carbonyl (C=O) groups excluding carboxylic acids is 2. The molecule has 6 rings (SSSR count). The molecule has 0 atom stereocenters.